The fourth-order valence-electron chi connectivity index (χ4n) is 5.93. The first-order chi connectivity index (χ1) is 21.9. The summed E-state index contributed by atoms with van der Waals surface area (Å²) < 4.78 is 7.32. The number of fused-ring (bicyclic) bond motifs is 2. The van der Waals surface area contributed by atoms with Crippen molar-refractivity contribution >= 4 is 40.1 Å². The fraction of sp³-hybridized carbons (Fsp3) is 0.111. The lowest BCUT2D eigenvalue weighted by molar-refractivity contribution is -0.114. The van der Waals surface area contributed by atoms with Crippen molar-refractivity contribution < 1.29 is 14.3 Å². The second-order valence-corrected chi connectivity index (χ2v) is 11.7. The average molecular weight is 613 g/mol. The Balaban J connectivity index is 1.42. The number of nitrogens with one attached hydrogen (secondary N) is 1. The lowest BCUT2D eigenvalue weighted by Gasteiger charge is -2.25. The molecule has 45 heavy (non-hydrogen) atoms. The summed E-state index contributed by atoms with van der Waals surface area (Å²) in [7, 11) is 1.57. The summed E-state index contributed by atoms with van der Waals surface area (Å²) in [5.74, 6) is -0.0306. The van der Waals surface area contributed by atoms with Crippen molar-refractivity contribution in [1.82, 2.24) is 4.57 Å². The van der Waals surface area contributed by atoms with Crippen molar-refractivity contribution in [3.05, 3.63) is 157 Å². The number of aromatic nitrogens is 1. The van der Waals surface area contributed by atoms with Crippen molar-refractivity contribution in [3.8, 4) is 5.75 Å². The molecule has 222 valence electrons. The molecule has 0 aliphatic carbocycles. The van der Waals surface area contributed by atoms with E-state index in [1.165, 1.54) is 15.9 Å². The first kappa shape index (κ1) is 28.2. The molecule has 3 heterocycles. The van der Waals surface area contributed by atoms with Gasteiger partial charge < -0.3 is 15.0 Å². The molecule has 1 N–H and O–H groups in total. The van der Waals surface area contributed by atoms with E-state index in [0.29, 0.717) is 50.8 Å². The number of ether oxygens (including phenoxy) is 1. The number of amides is 2. The van der Waals surface area contributed by atoms with Crippen LogP contribution in [-0.2, 0) is 16.1 Å². The van der Waals surface area contributed by atoms with Crippen LogP contribution < -0.4 is 29.8 Å². The predicted molar refractivity (Wildman–Crippen MR) is 175 cm³/mol. The third-order valence-electron chi connectivity index (χ3n) is 8.02. The molecule has 1 atom stereocenters. The Hall–Kier alpha value is -5.54. The van der Waals surface area contributed by atoms with Gasteiger partial charge in [0.25, 0.3) is 17.4 Å². The van der Waals surface area contributed by atoms with E-state index in [1.54, 1.807) is 31.1 Å². The van der Waals surface area contributed by atoms with Crippen LogP contribution in [0.3, 0.4) is 0 Å². The highest BCUT2D eigenvalue weighted by Gasteiger charge is 2.37. The molecular formula is C36H28N4O4S. The van der Waals surface area contributed by atoms with Crippen LogP contribution in [0.15, 0.2) is 130 Å². The SMILES string of the molecule is COc1cccc([C@@H]2C(C(=O)Nc3ccccc3)=C(C)N=c3s/c(=C4\C(=O)N(Cc5ccccc5)c5ccccc54)c(=O)n32)c1. The molecule has 0 bridgehead atoms. The smallest absolute Gasteiger partial charge is 0.271 e. The Bertz CT molecular complexity index is 2190. The number of carbonyl (C=O) groups excluding carboxylic acids is 2. The number of anilines is 2. The van der Waals surface area contributed by atoms with Gasteiger partial charge in [0.1, 0.15) is 10.3 Å². The lowest BCUT2D eigenvalue weighted by Crippen LogP contribution is -2.41. The van der Waals surface area contributed by atoms with Gasteiger partial charge in [0.2, 0.25) is 0 Å². The number of nitrogens with zero attached hydrogens (tertiary/aromatic N) is 3. The van der Waals surface area contributed by atoms with Crippen LogP contribution in [0, 0.1) is 0 Å². The van der Waals surface area contributed by atoms with Crippen molar-refractivity contribution in [1.29, 1.82) is 0 Å². The van der Waals surface area contributed by atoms with Crippen molar-refractivity contribution in [2.24, 2.45) is 4.99 Å². The third-order valence-corrected chi connectivity index (χ3v) is 9.07. The molecule has 9 heteroatoms. The van der Waals surface area contributed by atoms with E-state index in [0.717, 1.165) is 11.3 Å². The Labute approximate surface area is 262 Å². The number of thiazole rings is 1. The molecule has 0 spiro atoms. The van der Waals surface area contributed by atoms with E-state index in [2.05, 4.69) is 5.32 Å². The highest BCUT2D eigenvalue weighted by Crippen LogP contribution is 2.37. The number of hydrogen-bond acceptors (Lipinski definition) is 6. The molecular weight excluding hydrogens is 584 g/mol. The van der Waals surface area contributed by atoms with Crippen LogP contribution in [0.25, 0.3) is 5.57 Å². The summed E-state index contributed by atoms with van der Waals surface area (Å²) in [4.78, 5) is 49.4. The van der Waals surface area contributed by atoms with E-state index in [1.807, 2.05) is 97.1 Å². The van der Waals surface area contributed by atoms with Crippen LogP contribution in [-0.4, -0.2) is 23.5 Å². The summed E-state index contributed by atoms with van der Waals surface area (Å²) in [6, 6.07) is 32.9. The molecule has 2 amide bonds. The first-order valence-electron chi connectivity index (χ1n) is 14.5. The van der Waals surface area contributed by atoms with E-state index in [-0.39, 0.29) is 21.9 Å². The minimum atomic E-state index is -0.804. The van der Waals surface area contributed by atoms with Crippen molar-refractivity contribution in [2.75, 3.05) is 17.3 Å². The van der Waals surface area contributed by atoms with Gasteiger partial charge in [0.15, 0.2) is 4.80 Å². The Kier molecular flexibility index (Phi) is 7.23. The molecule has 7 rings (SSSR count). The van der Waals surface area contributed by atoms with Gasteiger partial charge in [-0.05, 0) is 48.4 Å². The maximum atomic E-state index is 14.5. The van der Waals surface area contributed by atoms with Crippen LogP contribution >= 0.6 is 11.3 Å². The van der Waals surface area contributed by atoms with Gasteiger partial charge in [-0.15, -0.1) is 0 Å². The molecule has 4 aromatic carbocycles. The van der Waals surface area contributed by atoms with Gasteiger partial charge in [0, 0.05) is 11.3 Å². The van der Waals surface area contributed by atoms with E-state index < -0.39 is 6.04 Å². The highest BCUT2D eigenvalue weighted by atomic mass is 32.1. The van der Waals surface area contributed by atoms with Gasteiger partial charge in [0.05, 0.1) is 42.2 Å². The van der Waals surface area contributed by atoms with Crippen LogP contribution in [0.1, 0.15) is 29.7 Å². The summed E-state index contributed by atoms with van der Waals surface area (Å²) in [5, 5.41) is 2.97. The van der Waals surface area contributed by atoms with E-state index in [4.69, 9.17) is 9.73 Å². The molecule has 0 radical (unpaired) electrons. The summed E-state index contributed by atoms with van der Waals surface area (Å²) in [6.07, 6.45) is 0. The standard InChI is InChI=1S/C36H28N4O4S/c1-22-29(33(41)38-25-15-7-4-8-16-25)31(24-14-11-17-26(20-24)44-2)40-35(43)32(45-36(40)37-22)30-27-18-9-10-19-28(27)39(34(30)42)21-23-12-5-3-6-13-23/h3-20,31H,21H2,1-2H3,(H,38,41)/b32-30-/t31-/m1/s1. The molecule has 2 aliphatic heterocycles. The zero-order chi connectivity index (χ0) is 31.1. The fourth-order valence-corrected chi connectivity index (χ4v) is 7.07. The number of para-hydroxylation sites is 2. The number of benzene rings is 4. The molecule has 8 nitrogen and oxygen atoms in total. The number of methoxy groups -OCH3 is 1. The number of carbonyl (C=O) groups is 2. The molecule has 0 saturated heterocycles. The zero-order valence-electron chi connectivity index (χ0n) is 24.6. The van der Waals surface area contributed by atoms with Crippen LogP contribution in [0.4, 0.5) is 11.4 Å². The molecule has 0 fully saturated rings. The Morgan fingerprint density at radius 3 is 2.38 bits per heavy atom. The Morgan fingerprint density at radius 2 is 1.62 bits per heavy atom. The third kappa shape index (κ3) is 4.97. The predicted octanol–water partition coefficient (Wildman–Crippen LogP) is 4.80. The van der Waals surface area contributed by atoms with Gasteiger partial charge in [-0.1, -0.05) is 90.2 Å². The zero-order valence-corrected chi connectivity index (χ0v) is 25.4. The second kappa shape index (κ2) is 11.5. The molecule has 0 unspecified atom stereocenters. The molecule has 0 saturated carbocycles. The topological polar surface area (TPSA) is 93.0 Å². The maximum absolute atomic E-state index is 14.5. The quantitative estimate of drug-likeness (QED) is 0.298. The molecule has 2 aliphatic rings. The highest BCUT2D eigenvalue weighted by molar-refractivity contribution is 7.07. The monoisotopic (exact) mass is 612 g/mol. The second-order valence-electron chi connectivity index (χ2n) is 10.8. The van der Waals surface area contributed by atoms with Crippen molar-refractivity contribution in [2.45, 2.75) is 19.5 Å². The first-order valence-corrected chi connectivity index (χ1v) is 15.3. The largest absolute Gasteiger partial charge is 0.497 e. The molecule has 1 aromatic heterocycles. The van der Waals surface area contributed by atoms with Crippen molar-refractivity contribution in [3.63, 3.8) is 0 Å². The Morgan fingerprint density at radius 1 is 0.911 bits per heavy atom. The number of hydrogen-bond donors (Lipinski definition) is 1. The van der Waals surface area contributed by atoms with Gasteiger partial charge in [-0.3, -0.25) is 19.0 Å². The summed E-state index contributed by atoms with van der Waals surface area (Å²) >= 11 is 1.17. The summed E-state index contributed by atoms with van der Waals surface area (Å²) in [5.41, 5.74) is 4.50. The van der Waals surface area contributed by atoms with Gasteiger partial charge in [-0.25, -0.2) is 4.99 Å². The summed E-state index contributed by atoms with van der Waals surface area (Å²) in [6.45, 7) is 2.14. The van der Waals surface area contributed by atoms with Gasteiger partial charge in [-0.2, -0.15) is 0 Å². The van der Waals surface area contributed by atoms with Crippen LogP contribution in [0.5, 0.6) is 5.75 Å². The van der Waals surface area contributed by atoms with Crippen LogP contribution in [0.2, 0.25) is 0 Å². The number of allylic oxidation sites excluding steroid dienone is 1. The lowest BCUT2D eigenvalue weighted by atomic mass is 9.95. The number of rotatable bonds is 6. The maximum Gasteiger partial charge on any atom is 0.271 e. The molecule has 5 aromatic rings. The normalized spacial score (nSPS) is 16.6. The van der Waals surface area contributed by atoms with E-state index in [9.17, 15) is 14.4 Å². The minimum Gasteiger partial charge on any atom is -0.497 e. The van der Waals surface area contributed by atoms with Gasteiger partial charge >= 0.3 is 0 Å². The van der Waals surface area contributed by atoms with E-state index >= 15 is 0 Å². The average Bonchev–Trinajstić information content (AvgIpc) is 3.53. The minimum absolute atomic E-state index is 0.249.